The summed E-state index contributed by atoms with van der Waals surface area (Å²) in [6.07, 6.45) is 4.14. The molecule has 1 aliphatic carbocycles. The molecule has 0 unspecified atom stereocenters. The molecule has 0 aromatic carbocycles. The smallest absolute Gasteiger partial charge is 0.412 e. The van der Waals surface area contributed by atoms with Gasteiger partial charge in [0.1, 0.15) is 16.3 Å². The topological polar surface area (TPSA) is 88.5 Å². The van der Waals surface area contributed by atoms with Crippen molar-refractivity contribution in [2.24, 2.45) is 0 Å². The average molecular weight is 395 g/mol. The number of hydrogen-bond donors (Lipinski definition) is 2. The van der Waals surface area contributed by atoms with Gasteiger partial charge < -0.3 is 9.84 Å². The normalized spacial score (nSPS) is 14.7. The molecular weight excluding hydrogens is 368 g/mol. The molecule has 0 saturated heterocycles. The number of rotatable bonds is 3. The lowest BCUT2D eigenvalue weighted by atomic mass is 9.81. The molecule has 6 nitrogen and oxygen atoms in total. The van der Waals surface area contributed by atoms with E-state index < -0.39 is 23.1 Å². The van der Waals surface area contributed by atoms with E-state index >= 15 is 0 Å². The second-order valence-electron chi connectivity index (χ2n) is 8.68. The lowest BCUT2D eigenvalue weighted by Crippen LogP contribution is -2.30. The minimum absolute atomic E-state index is 0.145. The van der Waals surface area contributed by atoms with Crippen molar-refractivity contribution in [1.82, 2.24) is 4.98 Å². The van der Waals surface area contributed by atoms with Gasteiger partial charge in [-0.25, -0.2) is 14.6 Å². The number of carbonyl (C=O) groups is 2. The van der Waals surface area contributed by atoms with E-state index in [1.807, 2.05) is 20.8 Å². The number of nitrogens with zero attached hydrogens (tertiary/aromatic N) is 1. The lowest BCUT2D eigenvalue weighted by Gasteiger charge is -2.28. The molecule has 1 aliphatic rings. The summed E-state index contributed by atoms with van der Waals surface area (Å²) in [6, 6.07) is 0. The van der Waals surface area contributed by atoms with Crippen molar-refractivity contribution in [3.63, 3.8) is 0 Å². The summed E-state index contributed by atoms with van der Waals surface area (Å²) in [4.78, 5) is 28.7. The van der Waals surface area contributed by atoms with Gasteiger partial charge in [-0.3, -0.25) is 5.32 Å². The average Bonchev–Trinajstić information content (AvgIpc) is 2.96. The lowest BCUT2D eigenvalue weighted by molar-refractivity contribution is 0.0635. The number of hydrogen-bond acceptors (Lipinski definition) is 4. The first-order chi connectivity index (χ1) is 12.3. The third kappa shape index (κ3) is 5.01. The molecule has 0 aliphatic heterocycles. The van der Waals surface area contributed by atoms with Crippen LogP contribution in [0.1, 0.15) is 82.4 Å². The van der Waals surface area contributed by atoms with Gasteiger partial charge in [-0.2, -0.15) is 0 Å². The fraction of sp³-hybridized carbons (Fsp3) is 0.550. The molecule has 2 rings (SSSR count). The second kappa shape index (κ2) is 7.50. The SMILES string of the molecule is CC(C)(C)OC(=O)Nc1c(C(=O)O)c(Cl)nc(C2=CCCC2)c1C(C)(C)C. The number of aromatic nitrogens is 1. The Kier molecular flexibility index (Phi) is 5.90. The van der Waals surface area contributed by atoms with Crippen LogP contribution in [0.4, 0.5) is 10.5 Å². The van der Waals surface area contributed by atoms with Crippen LogP contribution in [-0.2, 0) is 10.2 Å². The van der Waals surface area contributed by atoms with Crippen LogP contribution in [0.15, 0.2) is 6.08 Å². The predicted molar refractivity (Wildman–Crippen MR) is 107 cm³/mol. The maximum Gasteiger partial charge on any atom is 0.412 e. The largest absolute Gasteiger partial charge is 0.478 e. The summed E-state index contributed by atoms with van der Waals surface area (Å²) in [5.74, 6) is -1.25. The van der Waals surface area contributed by atoms with E-state index in [1.165, 1.54) is 0 Å². The number of amides is 1. The van der Waals surface area contributed by atoms with E-state index in [1.54, 1.807) is 20.8 Å². The molecule has 148 valence electrons. The fourth-order valence-electron chi connectivity index (χ4n) is 3.13. The van der Waals surface area contributed by atoms with Gasteiger partial charge in [0.05, 0.1) is 11.4 Å². The molecular formula is C20H27ClN2O4. The molecule has 27 heavy (non-hydrogen) atoms. The van der Waals surface area contributed by atoms with E-state index in [0.717, 1.165) is 24.8 Å². The summed E-state index contributed by atoms with van der Waals surface area (Å²) in [6.45, 7) is 11.1. The Morgan fingerprint density at radius 1 is 1.22 bits per heavy atom. The number of aromatic carboxylic acids is 1. The first-order valence-electron chi connectivity index (χ1n) is 8.98. The van der Waals surface area contributed by atoms with Gasteiger partial charge in [-0.15, -0.1) is 0 Å². The van der Waals surface area contributed by atoms with Gasteiger partial charge in [0.2, 0.25) is 0 Å². The Bertz CT molecular complexity index is 802. The predicted octanol–water partition coefficient (Wildman–Crippen LogP) is 5.65. The number of carboxylic acids is 1. The Balaban J connectivity index is 2.72. The van der Waals surface area contributed by atoms with Gasteiger partial charge in [0.15, 0.2) is 0 Å². The summed E-state index contributed by atoms with van der Waals surface area (Å²) >= 11 is 6.24. The minimum Gasteiger partial charge on any atom is -0.478 e. The highest BCUT2D eigenvalue weighted by Gasteiger charge is 2.33. The van der Waals surface area contributed by atoms with E-state index in [2.05, 4.69) is 16.4 Å². The molecule has 1 aromatic heterocycles. The van der Waals surface area contributed by atoms with Gasteiger partial charge >= 0.3 is 12.1 Å². The Hall–Kier alpha value is -2.08. The summed E-state index contributed by atoms with van der Waals surface area (Å²) in [5, 5.41) is 12.2. The van der Waals surface area contributed by atoms with E-state index in [9.17, 15) is 14.7 Å². The van der Waals surface area contributed by atoms with Gasteiger partial charge in [0, 0.05) is 5.56 Å². The number of ether oxygens (including phenoxy) is 1. The van der Waals surface area contributed by atoms with Crippen LogP contribution in [0.5, 0.6) is 0 Å². The maximum absolute atomic E-state index is 12.4. The third-order valence-electron chi connectivity index (χ3n) is 4.09. The van der Waals surface area contributed by atoms with Crippen molar-refractivity contribution in [3.05, 3.63) is 28.0 Å². The first-order valence-corrected chi connectivity index (χ1v) is 9.35. The third-order valence-corrected chi connectivity index (χ3v) is 4.36. The quantitative estimate of drug-likeness (QED) is 0.647. The number of nitrogens with one attached hydrogen (secondary N) is 1. The van der Waals surface area contributed by atoms with E-state index in [4.69, 9.17) is 16.3 Å². The highest BCUT2D eigenvalue weighted by atomic mass is 35.5. The van der Waals surface area contributed by atoms with Crippen LogP contribution < -0.4 is 5.32 Å². The molecule has 2 N–H and O–H groups in total. The van der Waals surface area contributed by atoms with Crippen LogP contribution in [0.25, 0.3) is 5.57 Å². The highest BCUT2D eigenvalue weighted by molar-refractivity contribution is 6.33. The monoisotopic (exact) mass is 394 g/mol. The zero-order chi connectivity index (χ0) is 20.6. The fourth-order valence-corrected chi connectivity index (χ4v) is 3.39. The van der Waals surface area contributed by atoms with Crippen LogP contribution in [0.2, 0.25) is 5.15 Å². The van der Waals surface area contributed by atoms with Crippen molar-refractivity contribution < 1.29 is 19.4 Å². The van der Waals surface area contributed by atoms with E-state index in [-0.39, 0.29) is 16.4 Å². The molecule has 1 heterocycles. The molecule has 0 bridgehead atoms. The number of carbonyl (C=O) groups excluding carboxylic acids is 1. The number of pyridine rings is 1. The van der Waals surface area contributed by atoms with Crippen LogP contribution in [-0.4, -0.2) is 27.8 Å². The van der Waals surface area contributed by atoms with Crippen molar-refractivity contribution >= 4 is 34.9 Å². The van der Waals surface area contributed by atoms with Gasteiger partial charge in [-0.05, 0) is 51.0 Å². The van der Waals surface area contributed by atoms with Gasteiger partial charge in [-0.1, -0.05) is 38.4 Å². The zero-order valence-electron chi connectivity index (χ0n) is 16.7. The number of anilines is 1. The molecule has 0 fully saturated rings. The summed E-state index contributed by atoms with van der Waals surface area (Å²) < 4.78 is 5.33. The molecule has 0 saturated carbocycles. The molecule has 7 heteroatoms. The molecule has 1 amide bonds. The minimum atomic E-state index is -1.25. The van der Waals surface area contributed by atoms with Crippen molar-refractivity contribution in [2.75, 3.05) is 5.32 Å². The number of halogens is 1. The first kappa shape index (κ1) is 21.2. The van der Waals surface area contributed by atoms with Crippen LogP contribution >= 0.6 is 11.6 Å². The van der Waals surface area contributed by atoms with Crippen molar-refractivity contribution in [1.29, 1.82) is 0 Å². The molecule has 0 atom stereocenters. The summed E-state index contributed by atoms with van der Waals surface area (Å²) in [7, 11) is 0. The summed E-state index contributed by atoms with van der Waals surface area (Å²) in [5.41, 5.74) is 1.02. The molecule has 0 radical (unpaired) electrons. The highest BCUT2D eigenvalue weighted by Crippen LogP contribution is 2.42. The second-order valence-corrected chi connectivity index (χ2v) is 9.04. The standard InChI is InChI=1S/C20H27ClN2O4/c1-19(2,3)13-14(11-9-7-8-10-11)22-16(21)12(17(24)25)15(13)23-18(26)27-20(4,5)6/h9H,7-8,10H2,1-6H3,(H,24,25)(H,22,23,26). The Morgan fingerprint density at radius 3 is 2.30 bits per heavy atom. The van der Waals surface area contributed by atoms with Crippen LogP contribution in [0.3, 0.4) is 0 Å². The van der Waals surface area contributed by atoms with Crippen molar-refractivity contribution in [3.8, 4) is 0 Å². The van der Waals surface area contributed by atoms with E-state index in [0.29, 0.717) is 11.3 Å². The molecule has 0 spiro atoms. The number of allylic oxidation sites excluding steroid dienone is 2. The molecule has 1 aromatic rings. The number of carboxylic acid groups (broad SMARTS) is 1. The maximum atomic E-state index is 12.4. The van der Waals surface area contributed by atoms with Crippen molar-refractivity contribution in [2.45, 2.75) is 71.8 Å². The Morgan fingerprint density at radius 2 is 1.85 bits per heavy atom. The van der Waals surface area contributed by atoms with Crippen LogP contribution in [0, 0.1) is 0 Å². The zero-order valence-corrected chi connectivity index (χ0v) is 17.5. The Labute approximate surface area is 165 Å². The van der Waals surface area contributed by atoms with Gasteiger partial charge in [0.25, 0.3) is 0 Å².